The molecule has 1 heterocycles. The maximum atomic E-state index is 12.0. The Morgan fingerprint density at radius 1 is 1.48 bits per heavy atom. The molecule has 0 bridgehead atoms. The molecule has 112 valence electrons. The van der Waals surface area contributed by atoms with Gasteiger partial charge in [0.05, 0.1) is 19.3 Å². The van der Waals surface area contributed by atoms with Crippen molar-refractivity contribution in [2.75, 3.05) is 13.7 Å². The molecule has 0 saturated heterocycles. The highest BCUT2D eigenvalue weighted by atomic mass is 35.5. The van der Waals surface area contributed by atoms with Gasteiger partial charge in [-0.15, -0.1) is 5.10 Å². The van der Waals surface area contributed by atoms with E-state index >= 15 is 0 Å². The van der Waals surface area contributed by atoms with Crippen molar-refractivity contribution in [2.45, 2.75) is 19.5 Å². The summed E-state index contributed by atoms with van der Waals surface area (Å²) in [4.78, 5) is 12.0. The fraction of sp³-hybridized carbons (Fsp3) is 0.357. The smallest absolute Gasteiger partial charge is 0.273 e. The van der Waals surface area contributed by atoms with Gasteiger partial charge in [-0.2, -0.15) is 0 Å². The van der Waals surface area contributed by atoms with Crippen LogP contribution in [0.2, 0.25) is 5.02 Å². The quantitative estimate of drug-likeness (QED) is 0.882. The average Bonchev–Trinajstić information content (AvgIpc) is 2.90. The predicted octanol–water partition coefficient (Wildman–Crippen LogP) is 1.74. The first-order valence-corrected chi connectivity index (χ1v) is 6.91. The fourth-order valence-corrected chi connectivity index (χ4v) is 2.07. The minimum absolute atomic E-state index is 0.0868. The molecule has 1 amide bonds. The number of aromatic nitrogens is 3. The van der Waals surface area contributed by atoms with Gasteiger partial charge in [0.1, 0.15) is 0 Å². The number of rotatable bonds is 6. The van der Waals surface area contributed by atoms with Crippen LogP contribution in [0.3, 0.4) is 0 Å². The standard InChI is InChI=1S/C14H17ClN4O2/c1-10(9-21-2)16-14(20)13-8-19(18-17-13)7-11-5-3-4-6-12(11)15/h3-6,8,10H,7,9H2,1-2H3,(H,16,20)/t10-/m0/s1. The van der Waals surface area contributed by atoms with Crippen LogP contribution in [0.5, 0.6) is 0 Å². The van der Waals surface area contributed by atoms with Crippen molar-refractivity contribution < 1.29 is 9.53 Å². The van der Waals surface area contributed by atoms with E-state index in [1.54, 1.807) is 18.0 Å². The summed E-state index contributed by atoms with van der Waals surface area (Å²) in [6.45, 7) is 2.77. The van der Waals surface area contributed by atoms with Gasteiger partial charge in [-0.3, -0.25) is 4.79 Å². The number of carbonyl (C=O) groups is 1. The Kier molecular flexibility index (Phi) is 5.30. The topological polar surface area (TPSA) is 69.0 Å². The second-order valence-electron chi connectivity index (χ2n) is 4.72. The van der Waals surface area contributed by atoms with Crippen LogP contribution in [0.25, 0.3) is 0 Å². The molecule has 0 unspecified atom stereocenters. The molecule has 0 saturated carbocycles. The van der Waals surface area contributed by atoms with Crippen LogP contribution in [-0.4, -0.2) is 40.7 Å². The number of methoxy groups -OCH3 is 1. The van der Waals surface area contributed by atoms with Gasteiger partial charge in [0.25, 0.3) is 5.91 Å². The Morgan fingerprint density at radius 2 is 2.24 bits per heavy atom. The van der Waals surface area contributed by atoms with E-state index in [9.17, 15) is 4.79 Å². The van der Waals surface area contributed by atoms with E-state index in [1.165, 1.54) is 0 Å². The van der Waals surface area contributed by atoms with Crippen molar-refractivity contribution in [1.29, 1.82) is 0 Å². The second-order valence-corrected chi connectivity index (χ2v) is 5.13. The lowest BCUT2D eigenvalue weighted by Gasteiger charge is -2.10. The summed E-state index contributed by atoms with van der Waals surface area (Å²) in [5.41, 5.74) is 1.19. The van der Waals surface area contributed by atoms with Gasteiger partial charge in [-0.1, -0.05) is 35.0 Å². The molecule has 0 radical (unpaired) electrons. The normalized spacial score (nSPS) is 12.1. The summed E-state index contributed by atoms with van der Waals surface area (Å²) in [5.74, 6) is -0.273. The van der Waals surface area contributed by atoms with Crippen molar-refractivity contribution in [3.8, 4) is 0 Å². The van der Waals surface area contributed by atoms with Crippen LogP contribution in [0.4, 0.5) is 0 Å². The van der Waals surface area contributed by atoms with E-state index in [1.807, 2.05) is 31.2 Å². The highest BCUT2D eigenvalue weighted by Gasteiger charge is 2.13. The lowest BCUT2D eigenvalue weighted by molar-refractivity contribution is 0.0900. The van der Waals surface area contributed by atoms with Gasteiger partial charge in [-0.25, -0.2) is 4.68 Å². The average molecular weight is 309 g/mol. The number of carbonyl (C=O) groups excluding carboxylic acids is 1. The maximum Gasteiger partial charge on any atom is 0.273 e. The number of benzene rings is 1. The van der Waals surface area contributed by atoms with Crippen molar-refractivity contribution in [3.05, 3.63) is 46.7 Å². The molecule has 1 aromatic heterocycles. The van der Waals surface area contributed by atoms with Crippen molar-refractivity contribution in [1.82, 2.24) is 20.3 Å². The van der Waals surface area contributed by atoms with Crippen LogP contribution in [0.1, 0.15) is 23.0 Å². The molecule has 21 heavy (non-hydrogen) atoms. The van der Waals surface area contributed by atoms with Gasteiger partial charge in [-0.05, 0) is 18.6 Å². The molecule has 0 spiro atoms. The van der Waals surface area contributed by atoms with Crippen molar-refractivity contribution in [2.24, 2.45) is 0 Å². The molecule has 0 aliphatic rings. The highest BCUT2D eigenvalue weighted by Crippen LogP contribution is 2.15. The first-order valence-electron chi connectivity index (χ1n) is 6.53. The summed E-state index contributed by atoms with van der Waals surface area (Å²) >= 11 is 6.09. The third-order valence-electron chi connectivity index (χ3n) is 2.86. The van der Waals surface area contributed by atoms with Crippen LogP contribution in [-0.2, 0) is 11.3 Å². The van der Waals surface area contributed by atoms with Gasteiger partial charge in [0.15, 0.2) is 5.69 Å². The second kappa shape index (κ2) is 7.19. The lowest BCUT2D eigenvalue weighted by Crippen LogP contribution is -2.35. The Hall–Kier alpha value is -1.92. The Balaban J connectivity index is 2.01. The Labute approximate surface area is 128 Å². The van der Waals surface area contributed by atoms with E-state index in [4.69, 9.17) is 16.3 Å². The first kappa shape index (κ1) is 15.5. The minimum Gasteiger partial charge on any atom is -0.383 e. The number of nitrogens with zero attached hydrogens (tertiary/aromatic N) is 3. The molecular formula is C14H17ClN4O2. The number of nitrogens with one attached hydrogen (secondary N) is 1. The van der Waals surface area contributed by atoms with E-state index in [2.05, 4.69) is 15.6 Å². The zero-order valence-corrected chi connectivity index (χ0v) is 12.7. The van der Waals surface area contributed by atoms with E-state index < -0.39 is 0 Å². The van der Waals surface area contributed by atoms with Gasteiger partial charge in [0.2, 0.25) is 0 Å². The number of hydrogen-bond acceptors (Lipinski definition) is 4. The molecular weight excluding hydrogens is 292 g/mol. The summed E-state index contributed by atoms with van der Waals surface area (Å²) in [5, 5.41) is 11.3. The molecule has 1 aromatic carbocycles. The van der Waals surface area contributed by atoms with Crippen molar-refractivity contribution in [3.63, 3.8) is 0 Å². The Morgan fingerprint density at radius 3 is 2.95 bits per heavy atom. The molecule has 0 fully saturated rings. The van der Waals surface area contributed by atoms with Crippen molar-refractivity contribution >= 4 is 17.5 Å². The zero-order chi connectivity index (χ0) is 15.2. The van der Waals surface area contributed by atoms with E-state index in [-0.39, 0.29) is 17.6 Å². The van der Waals surface area contributed by atoms with E-state index in [0.717, 1.165) is 5.56 Å². The van der Waals surface area contributed by atoms with Gasteiger partial charge >= 0.3 is 0 Å². The number of ether oxygens (including phenoxy) is 1. The first-order chi connectivity index (χ1) is 10.1. The lowest BCUT2D eigenvalue weighted by atomic mass is 10.2. The molecule has 1 atom stereocenters. The van der Waals surface area contributed by atoms with Gasteiger partial charge < -0.3 is 10.1 Å². The predicted molar refractivity (Wildman–Crippen MR) is 79.4 cm³/mol. The molecule has 2 aromatic rings. The molecule has 0 aliphatic heterocycles. The summed E-state index contributed by atoms with van der Waals surface area (Å²) < 4.78 is 6.55. The SMILES string of the molecule is COC[C@H](C)NC(=O)c1cn(Cc2ccccc2Cl)nn1. The molecule has 7 heteroatoms. The van der Waals surface area contributed by atoms with Crippen LogP contribution in [0.15, 0.2) is 30.5 Å². The number of hydrogen-bond donors (Lipinski definition) is 1. The minimum atomic E-state index is -0.273. The third kappa shape index (κ3) is 4.27. The Bertz CT molecular complexity index is 615. The molecule has 1 N–H and O–H groups in total. The number of halogens is 1. The van der Waals surface area contributed by atoms with Gasteiger partial charge in [0, 0.05) is 18.2 Å². The fourth-order valence-electron chi connectivity index (χ4n) is 1.87. The largest absolute Gasteiger partial charge is 0.383 e. The van der Waals surface area contributed by atoms with E-state index in [0.29, 0.717) is 18.2 Å². The highest BCUT2D eigenvalue weighted by molar-refractivity contribution is 6.31. The monoisotopic (exact) mass is 308 g/mol. The molecule has 6 nitrogen and oxygen atoms in total. The summed E-state index contributed by atoms with van der Waals surface area (Å²) in [6.07, 6.45) is 1.60. The maximum absolute atomic E-state index is 12.0. The van der Waals surface area contributed by atoms with Crippen LogP contribution < -0.4 is 5.32 Å². The van der Waals surface area contributed by atoms with Crippen LogP contribution >= 0.6 is 11.6 Å². The van der Waals surface area contributed by atoms with Crippen LogP contribution in [0, 0.1) is 0 Å². The number of amides is 1. The summed E-state index contributed by atoms with van der Waals surface area (Å²) in [6, 6.07) is 7.40. The molecule has 0 aliphatic carbocycles. The third-order valence-corrected chi connectivity index (χ3v) is 3.22. The summed E-state index contributed by atoms with van der Waals surface area (Å²) in [7, 11) is 1.59. The molecule has 2 rings (SSSR count). The zero-order valence-electron chi connectivity index (χ0n) is 11.9.